The maximum Gasteiger partial charge on any atom is 0.225 e. The van der Waals surface area contributed by atoms with Crippen LogP contribution < -0.4 is 10.6 Å². The van der Waals surface area contributed by atoms with E-state index in [0.717, 1.165) is 11.4 Å². The summed E-state index contributed by atoms with van der Waals surface area (Å²) in [6.07, 6.45) is 0. The summed E-state index contributed by atoms with van der Waals surface area (Å²) in [5, 5.41) is 6.05. The monoisotopic (exact) mass is 296 g/mol. The molecule has 98 valence electrons. The Hall–Kier alpha value is -1.85. The van der Waals surface area contributed by atoms with Crippen molar-refractivity contribution in [2.45, 2.75) is 6.92 Å². The van der Waals surface area contributed by atoms with E-state index in [-0.39, 0.29) is 16.3 Å². The number of hydrogen-bond donors (Lipinski definition) is 2. The summed E-state index contributed by atoms with van der Waals surface area (Å²) in [5.41, 5.74) is 1.51. The Morgan fingerprint density at radius 1 is 1.11 bits per heavy atom. The van der Waals surface area contributed by atoms with Crippen LogP contribution in [-0.2, 0) is 4.79 Å². The Kier molecular flexibility index (Phi) is 4.19. The van der Waals surface area contributed by atoms with E-state index in [1.165, 1.54) is 6.92 Å². The highest BCUT2D eigenvalue weighted by Crippen LogP contribution is 2.20. The fraction of sp³-hybridized carbons (Fsp3) is 0.0833. The van der Waals surface area contributed by atoms with E-state index < -0.39 is 0 Å². The molecule has 5 nitrogen and oxygen atoms in total. The van der Waals surface area contributed by atoms with Crippen LogP contribution in [0, 0.1) is 0 Å². The molecule has 0 saturated carbocycles. The van der Waals surface area contributed by atoms with E-state index in [9.17, 15) is 4.79 Å². The van der Waals surface area contributed by atoms with Crippen molar-refractivity contribution in [2.24, 2.45) is 0 Å². The van der Waals surface area contributed by atoms with Crippen LogP contribution in [0.1, 0.15) is 6.92 Å². The number of benzene rings is 1. The third-order valence-electron chi connectivity index (χ3n) is 2.15. The van der Waals surface area contributed by atoms with Gasteiger partial charge in [-0.15, -0.1) is 0 Å². The van der Waals surface area contributed by atoms with Gasteiger partial charge in [0.15, 0.2) is 0 Å². The number of nitrogens with one attached hydrogen (secondary N) is 2. The smallest absolute Gasteiger partial charge is 0.225 e. The topological polar surface area (TPSA) is 66.9 Å². The van der Waals surface area contributed by atoms with Crippen molar-refractivity contribution in [3.05, 3.63) is 40.8 Å². The molecule has 19 heavy (non-hydrogen) atoms. The molecule has 1 aromatic heterocycles. The highest BCUT2D eigenvalue weighted by molar-refractivity contribution is 6.32. The lowest BCUT2D eigenvalue weighted by Crippen LogP contribution is -2.05. The van der Waals surface area contributed by atoms with Crippen molar-refractivity contribution < 1.29 is 4.79 Å². The van der Waals surface area contributed by atoms with Crippen LogP contribution in [0.15, 0.2) is 30.3 Å². The van der Waals surface area contributed by atoms with E-state index in [1.807, 2.05) is 0 Å². The van der Waals surface area contributed by atoms with Gasteiger partial charge in [-0.25, -0.2) is 9.97 Å². The van der Waals surface area contributed by atoms with Gasteiger partial charge in [0.2, 0.25) is 11.2 Å². The molecule has 0 spiro atoms. The van der Waals surface area contributed by atoms with Gasteiger partial charge in [-0.3, -0.25) is 4.79 Å². The fourth-order valence-electron chi connectivity index (χ4n) is 1.44. The summed E-state index contributed by atoms with van der Waals surface area (Å²) in [4.78, 5) is 18.6. The molecule has 7 heteroatoms. The maximum absolute atomic E-state index is 10.9. The number of aromatic nitrogens is 2. The lowest BCUT2D eigenvalue weighted by Gasteiger charge is -2.07. The van der Waals surface area contributed by atoms with Crippen molar-refractivity contribution in [1.29, 1.82) is 0 Å². The standard InChI is InChI=1S/C12H10Cl2N4O/c1-7(19)15-8-2-4-9(5-3-8)16-11-6-10(13)17-12(14)18-11/h2-6H,1H3,(H,15,19)(H,16,17,18). The number of halogens is 2. The Labute approximate surface area is 120 Å². The molecule has 2 rings (SSSR count). The van der Waals surface area contributed by atoms with E-state index in [2.05, 4.69) is 20.6 Å². The molecule has 1 amide bonds. The van der Waals surface area contributed by atoms with Crippen LogP contribution >= 0.6 is 23.2 Å². The predicted octanol–water partition coefficient (Wildman–Crippen LogP) is 3.49. The Morgan fingerprint density at radius 2 is 1.74 bits per heavy atom. The number of hydrogen-bond acceptors (Lipinski definition) is 4. The molecule has 0 bridgehead atoms. The van der Waals surface area contributed by atoms with Crippen molar-refractivity contribution >= 4 is 46.3 Å². The molecule has 1 aromatic carbocycles. The molecule has 0 aliphatic rings. The highest BCUT2D eigenvalue weighted by atomic mass is 35.5. The first-order valence-electron chi connectivity index (χ1n) is 5.38. The van der Waals surface area contributed by atoms with Gasteiger partial charge in [0, 0.05) is 24.4 Å². The van der Waals surface area contributed by atoms with Gasteiger partial charge in [-0.1, -0.05) is 11.6 Å². The largest absolute Gasteiger partial charge is 0.340 e. The quantitative estimate of drug-likeness (QED) is 0.672. The maximum atomic E-state index is 10.9. The molecule has 0 saturated heterocycles. The van der Waals surface area contributed by atoms with E-state index in [4.69, 9.17) is 23.2 Å². The van der Waals surface area contributed by atoms with Crippen LogP contribution in [-0.4, -0.2) is 15.9 Å². The number of carbonyl (C=O) groups is 1. The molecular formula is C12H10Cl2N4O. The zero-order valence-electron chi connectivity index (χ0n) is 9.95. The summed E-state index contributed by atoms with van der Waals surface area (Å²) in [6.45, 7) is 1.46. The average molecular weight is 297 g/mol. The van der Waals surface area contributed by atoms with Crippen molar-refractivity contribution in [3.63, 3.8) is 0 Å². The van der Waals surface area contributed by atoms with Gasteiger partial charge in [-0.2, -0.15) is 0 Å². The van der Waals surface area contributed by atoms with Crippen molar-refractivity contribution in [1.82, 2.24) is 9.97 Å². The lowest BCUT2D eigenvalue weighted by molar-refractivity contribution is -0.114. The van der Waals surface area contributed by atoms with Crippen molar-refractivity contribution in [2.75, 3.05) is 10.6 Å². The Morgan fingerprint density at radius 3 is 2.32 bits per heavy atom. The summed E-state index contributed by atoms with van der Waals surface area (Å²) in [5.74, 6) is 0.382. The molecule has 2 N–H and O–H groups in total. The van der Waals surface area contributed by atoms with E-state index >= 15 is 0 Å². The second-order valence-corrected chi connectivity index (χ2v) is 4.45. The van der Waals surface area contributed by atoms with E-state index in [0.29, 0.717) is 5.82 Å². The van der Waals surface area contributed by atoms with Crippen LogP contribution in [0.4, 0.5) is 17.2 Å². The molecule has 0 radical (unpaired) electrons. The van der Waals surface area contributed by atoms with Crippen LogP contribution in [0.2, 0.25) is 10.4 Å². The highest BCUT2D eigenvalue weighted by Gasteiger charge is 2.02. The summed E-state index contributed by atoms with van der Waals surface area (Å²) < 4.78 is 0. The number of anilines is 3. The zero-order chi connectivity index (χ0) is 13.8. The molecule has 2 aromatic rings. The second-order valence-electron chi connectivity index (χ2n) is 3.73. The normalized spacial score (nSPS) is 10.1. The van der Waals surface area contributed by atoms with Gasteiger partial charge < -0.3 is 10.6 Å². The predicted molar refractivity (Wildman–Crippen MR) is 76.1 cm³/mol. The van der Waals surface area contributed by atoms with Gasteiger partial charge in [0.1, 0.15) is 11.0 Å². The van der Waals surface area contributed by atoms with Crippen LogP contribution in [0.25, 0.3) is 0 Å². The fourth-order valence-corrected chi connectivity index (χ4v) is 1.85. The third-order valence-corrected chi connectivity index (χ3v) is 2.51. The van der Waals surface area contributed by atoms with Crippen molar-refractivity contribution in [3.8, 4) is 0 Å². The molecule has 0 aliphatic carbocycles. The van der Waals surface area contributed by atoms with Gasteiger partial charge in [0.05, 0.1) is 0 Å². The minimum atomic E-state index is -0.116. The molecule has 0 fully saturated rings. The average Bonchev–Trinajstić information content (AvgIpc) is 2.29. The van der Waals surface area contributed by atoms with Gasteiger partial charge >= 0.3 is 0 Å². The lowest BCUT2D eigenvalue weighted by atomic mass is 10.2. The minimum absolute atomic E-state index is 0.0740. The van der Waals surface area contributed by atoms with E-state index in [1.54, 1.807) is 30.3 Å². The minimum Gasteiger partial charge on any atom is -0.340 e. The summed E-state index contributed by atoms with van der Waals surface area (Å²) >= 11 is 11.5. The van der Waals surface area contributed by atoms with Crippen LogP contribution in [0.3, 0.4) is 0 Å². The zero-order valence-corrected chi connectivity index (χ0v) is 11.5. The first-order valence-corrected chi connectivity index (χ1v) is 6.13. The number of nitrogens with zero attached hydrogens (tertiary/aromatic N) is 2. The number of amides is 1. The first-order chi connectivity index (χ1) is 9.02. The number of rotatable bonds is 3. The van der Waals surface area contributed by atoms with Gasteiger partial charge in [0.25, 0.3) is 0 Å². The summed E-state index contributed by atoms with van der Waals surface area (Å²) in [7, 11) is 0. The second kappa shape index (κ2) is 5.86. The molecule has 0 atom stereocenters. The van der Waals surface area contributed by atoms with Gasteiger partial charge in [-0.05, 0) is 35.9 Å². The first kappa shape index (κ1) is 13.6. The Balaban J connectivity index is 2.12. The molecular weight excluding hydrogens is 287 g/mol. The number of carbonyl (C=O) groups excluding carboxylic acids is 1. The molecule has 0 aliphatic heterocycles. The third kappa shape index (κ3) is 4.08. The molecule has 0 unspecified atom stereocenters. The molecule has 1 heterocycles. The summed E-state index contributed by atoms with van der Waals surface area (Å²) in [6, 6.07) is 8.71. The van der Waals surface area contributed by atoms with Crippen LogP contribution in [0.5, 0.6) is 0 Å². The Bertz CT molecular complexity index is 581. The SMILES string of the molecule is CC(=O)Nc1ccc(Nc2cc(Cl)nc(Cl)n2)cc1.